The summed E-state index contributed by atoms with van der Waals surface area (Å²) in [5.74, 6) is 0. The zero-order valence-electron chi connectivity index (χ0n) is 14.0. The molecule has 2 aromatic carbocycles. The van der Waals surface area contributed by atoms with Crippen LogP contribution in [0, 0.1) is 6.92 Å². The summed E-state index contributed by atoms with van der Waals surface area (Å²) in [5, 5.41) is 4.05. The van der Waals surface area contributed by atoms with Crippen molar-refractivity contribution in [1.29, 1.82) is 0 Å². The van der Waals surface area contributed by atoms with Crippen LogP contribution in [0.1, 0.15) is 23.9 Å². The Morgan fingerprint density at radius 3 is 2.75 bits per heavy atom. The molecule has 1 heterocycles. The Balaban J connectivity index is 1.73. The van der Waals surface area contributed by atoms with E-state index in [1.54, 1.807) is 11.3 Å². The molecule has 0 aliphatic heterocycles. The van der Waals surface area contributed by atoms with Gasteiger partial charge in [-0.15, -0.1) is 11.3 Å². The average molecular weight is 339 g/mol. The van der Waals surface area contributed by atoms with Gasteiger partial charge in [0, 0.05) is 18.8 Å². The predicted octanol–water partition coefficient (Wildman–Crippen LogP) is 5.05. The monoisotopic (exact) mass is 339 g/mol. The maximum absolute atomic E-state index is 12.7. The summed E-state index contributed by atoms with van der Waals surface area (Å²) in [6.45, 7) is 5.41. The van der Waals surface area contributed by atoms with E-state index in [4.69, 9.17) is 0 Å². The van der Waals surface area contributed by atoms with Gasteiger partial charge in [-0.2, -0.15) is 0 Å². The number of carbonyl (C=O) groups is 1. The number of nitrogens with zero attached hydrogens (tertiary/aromatic N) is 2. The van der Waals surface area contributed by atoms with Gasteiger partial charge >= 0.3 is 6.03 Å². The highest BCUT2D eigenvalue weighted by atomic mass is 32.1. The third-order valence-electron chi connectivity index (χ3n) is 3.74. The van der Waals surface area contributed by atoms with Crippen molar-refractivity contribution < 1.29 is 4.79 Å². The van der Waals surface area contributed by atoms with E-state index in [0.717, 1.165) is 39.4 Å². The fourth-order valence-corrected chi connectivity index (χ4v) is 3.51. The molecule has 0 saturated carbocycles. The largest absolute Gasteiger partial charge is 0.322 e. The van der Waals surface area contributed by atoms with E-state index in [-0.39, 0.29) is 6.03 Å². The van der Waals surface area contributed by atoms with Gasteiger partial charge in [0.1, 0.15) is 0 Å². The van der Waals surface area contributed by atoms with Crippen molar-refractivity contribution in [3.05, 3.63) is 59.1 Å². The maximum Gasteiger partial charge on any atom is 0.322 e. The first-order chi connectivity index (χ1) is 11.7. The molecule has 2 amide bonds. The Labute approximate surface area is 146 Å². The highest BCUT2D eigenvalue weighted by molar-refractivity contribution is 7.18. The number of rotatable bonds is 5. The third-order valence-corrected chi connectivity index (χ3v) is 4.68. The van der Waals surface area contributed by atoms with E-state index < -0.39 is 0 Å². The summed E-state index contributed by atoms with van der Waals surface area (Å²) in [6.07, 6.45) is 0.924. The Hall–Kier alpha value is -2.40. The zero-order valence-corrected chi connectivity index (χ0v) is 14.8. The van der Waals surface area contributed by atoms with Gasteiger partial charge in [0.15, 0.2) is 0 Å². The highest BCUT2D eigenvalue weighted by Crippen LogP contribution is 2.25. The first-order valence-corrected chi connectivity index (χ1v) is 8.94. The second kappa shape index (κ2) is 7.45. The molecule has 0 saturated heterocycles. The minimum absolute atomic E-state index is 0.0682. The molecule has 3 rings (SSSR count). The number of nitrogens with one attached hydrogen (secondary N) is 1. The van der Waals surface area contributed by atoms with Gasteiger partial charge in [0.25, 0.3) is 0 Å². The van der Waals surface area contributed by atoms with Crippen LogP contribution < -0.4 is 5.32 Å². The van der Waals surface area contributed by atoms with Crippen molar-refractivity contribution in [2.75, 3.05) is 11.9 Å². The first kappa shape index (κ1) is 16.5. The molecule has 4 nitrogen and oxygen atoms in total. The van der Waals surface area contributed by atoms with Crippen molar-refractivity contribution in [3.8, 4) is 0 Å². The predicted molar refractivity (Wildman–Crippen MR) is 101 cm³/mol. The van der Waals surface area contributed by atoms with Crippen molar-refractivity contribution in [2.45, 2.75) is 26.8 Å². The Morgan fingerprint density at radius 2 is 2.00 bits per heavy atom. The number of aryl methyl sites for hydroxylation is 1. The van der Waals surface area contributed by atoms with E-state index in [1.165, 1.54) is 0 Å². The molecule has 0 aliphatic rings. The van der Waals surface area contributed by atoms with Crippen LogP contribution in [0.3, 0.4) is 0 Å². The second-order valence-corrected chi connectivity index (χ2v) is 6.99. The zero-order chi connectivity index (χ0) is 16.9. The molecule has 1 N–H and O–H groups in total. The number of hydrogen-bond donors (Lipinski definition) is 1. The lowest BCUT2D eigenvalue weighted by Gasteiger charge is -2.22. The van der Waals surface area contributed by atoms with Crippen LogP contribution in [0.5, 0.6) is 0 Å². The van der Waals surface area contributed by atoms with Crippen molar-refractivity contribution in [1.82, 2.24) is 9.88 Å². The molecular formula is C19H21N3OS. The Kier molecular flexibility index (Phi) is 5.11. The van der Waals surface area contributed by atoms with Crippen molar-refractivity contribution in [2.24, 2.45) is 0 Å². The van der Waals surface area contributed by atoms with Crippen molar-refractivity contribution >= 4 is 33.3 Å². The lowest BCUT2D eigenvalue weighted by Crippen LogP contribution is -2.35. The van der Waals surface area contributed by atoms with Crippen LogP contribution in [0.25, 0.3) is 10.2 Å². The number of benzene rings is 2. The van der Waals surface area contributed by atoms with Gasteiger partial charge < -0.3 is 10.2 Å². The SMILES string of the molecule is CCCN(Cc1ccccc1)C(=O)Nc1ccc2nc(C)sc2c1. The maximum atomic E-state index is 12.7. The number of carbonyl (C=O) groups excluding carboxylic acids is 1. The quantitative estimate of drug-likeness (QED) is 0.707. The van der Waals surface area contributed by atoms with Gasteiger partial charge in [0.2, 0.25) is 0 Å². The van der Waals surface area contributed by atoms with Gasteiger partial charge in [-0.3, -0.25) is 0 Å². The fourth-order valence-electron chi connectivity index (χ4n) is 2.65. The number of fused-ring (bicyclic) bond motifs is 1. The minimum atomic E-state index is -0.0682. The topological polar surface area (TPSA) is 45.2 Å². The Bertz CT molecular complexity index is 829. The summed E-state index contributed by atoms with van der Waals surface area (Å²) in [7, 11) is 0. The summed E-state index contributed by atoms with van der Waals surface area (Å²) < 4.78 is 1.09. The molecule has 0 unspecified atom stereocenters. The number of thiazole rings is 1. The summed E-state index contributed by atoms with van der Waals surface area (Å²) in [6, 6.07) is 15.9. The number of anilines is 1. The summed E-state index contributed by atoms with van der Waals surface area (Å²) in [4.78, 5) is 18.9. The third kappa shape index (κ3) is 3.92. The van der Waals surface area contributed by atoms with Crippen LogP contribution in [0.4, 0.5) is 10.5 Å². The smallest absolute Gasteiger partial charge is 0.320 e. The lowest BCUT2D eigenvalue weighted by molar-refractivity contribution is 0.209. The second-order valence-electron chi connectivity index (χ2n) is 5.75. The number of aromatic nitrogens is 1. The molecular weight excluding hydrogens is 318 g/mol. The molecule has 0 spiro atoms. The van der Waals surface area contributed by atoms with E-state index in [1.807, 2.05) is 60.4 Å². The van der Waals surface area contributed by atoms with Gasteiger partial charge in [-0.25, -0.2) is 9.78 Å². The van der Waals surface area contributed by atoms with E-state index >= 15 is 0 Å². The van der Waals surface area contributed by atoms with Crippen molar-refractivity contribution in [3.63, 3.8) is 0 Å². The highest BCUT2D eigenvalue weighted by Gasteiger charge is 2.14. The van der Waals surface area contributed by atoms with Crippen LogP contribution in [0.2, 0.25) is 0 Å². The normalized spacial score (nSPS) is 10.8. The number of amides is 2. The Morgan fingerprint density at radius 1 is 1.21 bits per heavy atom. The molecule has 0 fully saturated rings. The first-order valence-electron chi connectivity index (χ1n) is 8.13. The fraction of sp³-hybridized carbons (Fsp3) is 0.263. The van der Waals surface area contributed by atoms with E-state index in [0.29, 0.717) is 6.54 Å². The van der Waals surface area contributed by atoms with Crippen LogP contribution in [-0.4, -0.2) is 22.5 Å². The molecule has 5 heteroatoms. The molecule has 0 radical (unpaired) electrons. The van der Waals surface area contributed by atoms with Crippen LogP contribution in [0.15, 0.2) is 48.5 Å². The summed E-state index contributed by atoms with van der Waals surface area (Å²) >= 11 is 1.64. The molecule has 1 aromatic heterocycles. The average Bonchev–Trinajstić information content (AvgIpc) is 2.94. The molecule has 124 valence electrons. The summed E-state index contributed by atoms with van der Waals surface area (Å²) in [5.41, 5.74) is 2.92. The van der Waals surface area contributed by atoms with Crippen LogP contribution >= 0.6 is 11.3 Å². The molecule has 0 bridgehead atoms. The van der Waals surface area contributed by atoms with Crippen LogP contribution in [-0.2, 0) is 6.54 Å². The molecule has 0 atom stereocenters. The van der Waals surface area contributed by atoms with Gasteiger partial charge in [0.05, 0.1) is 15.2 Å². The van der Waals surface area contributed by atoms with E-state index in [9.17, 15) is 4.79 Å². The standard InChI is InChI=1S/C19H21N3OS/c1-3-11-22(13-15-7-5-4-6-8-15)19(23)21-16-9-10-17-18(12-16)24-14(2)20-17/h4-10,12H,3,11,13H2,1-2H3,(H,21,23). The number of hydrogen-bond acceptors (Lipinski definition) is 3. The minimum Gasteiger partial charge on any atom is -0.320 e. The molecule has 0 aliphatic carbocycles. The van der Waals surface area contributed by atoms with E-state index in [2.05, 4.69) is 17.2 Å². The van der Waals surface area contributed by atoms with Gasteiger partial charge in [-0.1, -0.05) is 37.3 Å². The molecule has 3 aromatic rings. The lowest BCUT2D eigenvalue weighted by atomic mass is 10.2. The van der Waals surface area contributed by atoms with Gasteiger partial charge in [-0.05, 0) is 37.1 Å². The number of urea groups is 1. The molecule has 24 heavy (non-hydrogen) atoms.